The standard InChI is InChI=1S/C24H24N4O2/c1-17-9-11-28-22(16-26-23(28)12-17)21(18-6-5-8-20(13-18)30-2)14-24(29)27-15-19-7-3-4-10-25-19/h3-13,16,21H,14-15H2,1-2H3,(H,27,29). The Balaban J connectivity index is 1.64. The van der Waals surface area contributed by atoms with E-state index in [4.69, 9.17) is 4.74 Å². The molecule has 0 aliphatic rings. The van der Waals surface area contributed by atoms with E-state index in [1.165, 1.54) is 0 Å². The minimum atomic E-state index is -0.165. The number of fused-ring (bicyclic) bond motifs is 1. The number of carbonyl (C=O) groups is 1. The zero-order valence-corrected chi connectivity index (χ0v) is 17.1. The molecular formula is C24H24N4O2. The molecule has 1 amide bonds. The van der Waals surface area contributed by atoms with Gasteiger partial charge in [0.2, 0.25) is 5.91 Å². The highest BCUT2D eigenvalue weighted by Crippen LogP contribution is 2.31. The zero-order chi connectivity index (χ0) is 20.9. The van der Waals surface area contributed by atoms with Crippen LogP contribution in [0, 0.1) is 6.92 Å². The number of aryl methyl sites for hydroxylation is 1. The van der Waals surface area contributed by atoms with Crippen LogP contribution < -0.4 is 10.1 Å². The van der Waals surface area contributed by atoms with E-state index in [-0.39, 0.29) is 11.8 Å². The minimum absolute atomic E-state index is 0.0458. The highest BCUT2D eigenvalue weighted by atomic mass is 16.5. The van der Waals surface area contributed by atoms with Crippen LogP contribution in [-0.2, 0) is 11.3 Å². The van der Waals surface area contributed by atoms with Crippen LogP contribution in [0.1, 0.15) is 34.9 Å². The van der Waals surface area contributed by atoms with Crippen molar-refractivity contribution in [3.63, 3.8) is 0 Å². The molecule has 0 spiro atoms. The monoisotopic (exact) mass is 400 g/mol. The Labute approximate surface area is 175 Å². The van der Waals surface area contributed by atoms with Crippen LogP contribution in [0.2, 0.25) is 0 Å². The maximum atomic E-state index is 12.8. The first-order valence-corrected chi connectivity index (χ1v) is 9.88. The van der Waals surface area contributed by atoms with Crippen LogP contribution >= 0.6 is 0 Å². The summed E-state index contributed by atoms with van der Waals surface area (Å²) in [7, 11) is 1.64. The predicted molar refractivity (Wildman–Crippen MR) is 115 cm³/mol. The highest BCUT2D eigenvalue weighted by Gasteiger charge is 2.22. The van der Waals surface area contributed by atoms with Crippen molar-refractivity contribution in [3.8, 4) is 5.75 Å². The number of benzene rings is 1. The lowest BCUT2D eigenvalue weighted by Gasteiger charge is -2.18. The Hall–Kier alpha value is -3.67. The Morgan fingerprint density at radius 2 is 2.03 bits per heavy atom. The number of nitrogens with one attached hydrogen (secondary N) is 1. The molecule has 0 radical (unpaired) electrons. The van der Waals surface area contributed by atoms with Gasteiger partial charge in [0.05, 0.1) is 25.0 Å². The summed E-state index contributed by atoms with van der Waals surface area (Å²) in [6.07, 6.45) is 5.87. The number of pyridine rings is 2. The van der Waals surface area contributed by atoms with Crippen molar-refractivity contribution in [2.75, 3.05) is 7.11 Å². The molecule has 1 N–H and O–H groups in total. The molecular weight excluding hydrogens is 376 g/mol. The molecule has 0 aliphatic carbocycles. The number of amides is 1. The molecule has 1 unspecified atom stereocenters. The van der Waals surface area contributed by atoms with Gasteiger partial charge in [0.1, 0.15) is 11.4 Å². The quantitative estimate of drug-likeness (QED) is 0.511. The molecule has 3 aromatic heterocycles. The van der Waals surface area contributed by atoms with Crippen molar-refractivity contribution in [2.24, 2.45) is 0 Å². The number of imidazole rings is 1. The third-order valence-corrected chi connectivity index (χ3v) is 5.13. The maximum Gasteiger partial charge on any atom is 0.221 e. The lowest BCUT2D eigenvalue weighted by molar-refractivity contribution is -0.121. The van der Waals surface area contributed by atoms with Gasteiger partial charge >= 0.3 is 0 Å². The van der Waals surface area contributed by atoms with Crippen LogP contribution in [0.25, 0.3) is 5.65 Å². The number of carbonyl (C=O) groups excluding carboxylic acids is 1. The zero-order valence-electron chi connectivity index (χ0n) is 17.1. The van der Waals surface area contributed by atoms with Gasteiger partial charge in [-0.1, -0.05) is 18.2 Å². The molecule has 30 heavy (non-hydrogen) atoms. The predicted octanol–water partition coefficient (Wildman–Crippen LogP) is 3.88. The first kappa shape index (κ1) is 19.6. The fourth-order valence-corrected chi connectivity index (χ4v) is 3.56. The summed E-state index contributed by atoms with van der Waals surface area (Å²) in [5.74, 6) is 0.549. The van der Waals surface area contributed by atoms with Crippen LogP contribution in [-0.4, -0.2) is 27.4 Å². The van der Waals surface area contributed by atoms with Gasteiger partial charge < -0.3 is 14.5 Å². The lowest BCUT2D eigenvalue weighted by atomic mass is 9.92. The Morgan fingerprint density at radius 1 is 1.13 bits per heavy atom. The number of hydrogen-bond acceptors (Lipinski definition) is 4. The molecule has 0 saturated carbocycles. The fraction of sp³-hybridized carbons (Fsp3) is 0.208. The summed E-state index contributed by atoms with van der Waals surface area (Å²) < 4.78 is 7.45. The molecule has 0 aliphatic heterocycles. The second-order valence-corrected chi connectivity index (χ2v) is 7.25. The second-order valence-electron chi connectivity index (χ2n) is 7.25. The highest BCUT2D eigenvalue weighted by molar-refractivity contribution is 5.77. The second kappa shape index (κ2) is 8.78. The van der Waals surface area contributed by atoms with Crippen LogP contribution in [0.15, 0.2) is 73.2 Å². The SMILES string of the molecule is COc1cccc(C(CC(=O)NCc2ccccn2)c2cnc3cc(C)ccn23)c1. The first-order chi connectivity index (χ1) is 14.6. The van der Waals surface area contributed by atoms with Gasteiger partial charge in [-0.25, -0.2) is 4.98 Å². The number of nitrogens with zero attached hydrogens (tertiary/aromatic N) is 3. The van der Waals surface area contributed by atoms with Crippen molar-refractivity contribution in [2.45, 2.75) is 25.8 Å². The van der Waals surface area contributed by atoms with Crippen molar-refractivity contribution >= 4 is 11.6 Å². The number of hydrogen-bond donors (Lipinski definition) is 1. The van der Waals surface area contributed by atoms with E-state index < -0.39 is 0 Å². The fourth-order valence-electron chi connectivity index (χ4n) is 3.56. The van der Waals surface area contributed by atoms with Crippen molar-refractivity contribution < 1.29 is 9.53 Å². The molecule has 0 bridgehead atoms. The number of rotatable bonds is 7. The van der Waals surface area contributed by atoms with Crippen molar-refractivity contribution in [1.29, 1.82) is 0 Å². The largest absolute Gasteiger partial charge is 0.497 e. The third-order valence-electron chi connectivity index (χ3n) is 5.13. The van der Waals surface area contributed by atoms with E-state index >= 15 is 0 Å². The number of aromatic nitrogens is 3. The molecule has 1 atom stereocenters. The van der Waals surface area contributed by atoms with Crippen LogP contribution in [0.5, 0.6) is 5.75 Å². The maximum absolute atomic E-state index is 12.8. The summed E-state index contributed by atoms with van der Waals surface area (Å²) in [4.78, 5) is 21.7. The summed E-state index contributed by atoms with van der Waals surface area (Å²) in [6, 6.07) is 17.6. The number of methoxy groups -OCH3 is 1. The van der Waals surface area contributed by atoms with Crippen LogP contribution in [0.3, 0.4) is 0 Å². The molecule has 152 valence electrons. The summed E-state index contributed by atoms with van der Waals surface area (Å²) >= 11 is 0. The Morgan fingerprint density at radius 3 is 2.83 bits per heavy atom. The van der Waals surface area contributed by atoms with E-state index in [9.17, 15) is 4.79 Å². The average molecular weight is 400 g/mol. The summed E-state index contributed by atoms with van der Waals surface area (Å²) in [6.45, 7) is 2.44. The summed E-state index contributed by atoms with van der Waals surface area (Å²) in [5, 5.41) is 2.98. The Kier molecular flexibility index (Phi) is 5.75. The number of ether oxygens (including phenoxy) is 1. The third kappa shape index (κ3) is 4.33. The molecule has 4 aromatic rings. The van der Waals surface area contributed by atoms with Gasteiger partial charge in [0, 0.05) is 30.9 Å². The van der Waals surface area contributed by atoms with Crippen molar-refractivity contribution in [1.82, 2.24) is 19.7 Å². The van der Waals surface area contributed by atoms with Crippen LogP contribution in [0.4, 0.5) is 0 Å². The smallest absolute Gasteiger partial charge is 0.221 e. The average Bonchev–Trinajstić information content (AvgIpc) is 3.19. The molecule has 4 rings (SSSR count). The van der Waals surface area contributed by atoms with E-state index in [1.54, 1.807) is 13.3 Å². The molecule has 6 nitrogen and oxygen atoms in total. The van der Waals surface area contributed by atoms with Gasteiger partial charge in [-0.05, 0) is 54.4 Å². The van der Waals surface area contributed by atoms with Gasteiger partial charge in [0.15, 0.2) is 0 Å². The Bertz CT molecular complexity index is 1150. The molecule has 0 fully saturated rings. The normalized spacial score (nSPS) is 11.9. The van der Waals surface area contributed by atoms with E-state index in [2.05, 4.69) is 15.3 Å². The van der Waals surface area contributed by atoms with Gasteiger partial charge in [-0.2, -0.15) is 0 Å². The van der Waals surface area contributed by atoms with Gasteiger partial charge in [0.25, 0.3) is 0 Å². The first-order valence-electron chi connectivity index (χ1n) is 9.88. The molecule has 1 aromatic carbocycles. The molecule has 6 heteroatoms. The lowest BCUT2D eigenvalue weighted by Crippen LogP contribution is -2.25. The van der Waals surface area contributed by atoms with Gasteiger partial charge in [-0.3, -0.25) is 9.78 Å². The van der Waals surface area contributed by atoms with Crippen molar-refractivity contribution in [3.05, 3.63) is 95.7 Å². The minimum Gasteiger partial charge on any atom is -0.497 e. The van der Waals surface area contributed by atoms with Gasteiger partial charge in [-0.15, -0.1) is 0 Å². The van der Waals surface area contributed by atoms with E-state index in [0.717, 1.165) is 33.9 Å². The summed E-state index contributed by atoms with van der Waals surface area (Å²) in [5.41, 5.74) is 4.81. The van der Waals surface area contributed by atoms with E-state index in [0.29, 0.717) is 13.0 Å². The molecule has 3 heterocycles. The molecule has 0 saturated heterocycles. The van der Waals surface area contributed by atoms with E-state index in [1.807, 2.05) is 78.3 Å². The topological polar surface area (TPSA) is 68.5 Å².